The van der Waals surface area contributed by atoms with E-state index in [2.05, 4.69) is 5.32 Å². The van der Waals surface area contributed by atoms with Crippen molar-refractivity contribution < 1.29 is 22.7 Å². The summed E-state index contributed by atoms with van der Waals surface area (Å²) < 4.78 is 34.7. The normalized spacial score (nSPS) is 14.5. The molecule has 1 aliphatic rings. The van der Waals surface area contributed by atoms with Gasteiger partial charge in [0.25, 0.3) is 5.91 Å². The number of ether oxygens (including phenoxy) is 1. The summed E-state index contributed by atoms with van der Waals surface area (Å²) in [6, 6.07) is 27.0. The Hall–Kier alpha value is -3.60. The van der Waals surface area contributed by atoms with Crippen LogP contribution in [0.15, 0.2) is 102 Å². The SMILES string of the molecule is O=C(NCCc1ccccc1)[C@H]1CN(C(=O)CN(Cc2c(Cl)cccc2Cl)S(=O)(=O)c2ccc(Cl)cc2)c2ccccc2O1. The fraction of sp³-hybridized carbons (Fsp3) is 0.188. The van der Waals surface area contributed by atoms with Gasteiger partial charge in [0.15, 0.2) is 6.10 Å². The monoisotopic (exact) mass is 671 g/mol. The van der Waals surface area contributed by atoms with Crippen LogP contribution in [0.25, 0.3) is 0 Å². The number of fused-ring (bicyclic) bond motifs is 1. The number of carbonyl (C=O) groups is 2. The molecule has 0 aliphatic carbocycles. The van der Waals surface area contributed by atoms with Crippen molar-refractivity contribution in [3.8, 4) is 5.75 Å². The maximum atomic E-state index is 14.0. The number of sulfonamides is 1. The average Bonchev–Trinajstić information content (AvgIpc) is 3.02. The van der Waals surface area contributed by atoms with Gasteiger partial charge in [-0.05, 0) is 60.5 Å². The molecule has 12 heteroatoms. The Kier molecular flexibility index (Phi) is 10.1. The van der Waals surface area contributed by atoms with Crippen LogP contribution in [0.4, 0.5) is 5.69 Å². The third kappa shape index (κ3) is 7.36. The minimum absolute atomic E-state index is 0.0593. The lowest BCUT2D eigenvalue weighted by Gasteiger charge is -2.35. The van der Waals surface area contributed by atoms with Gasteiger partial charge in [-0.25, -0.2) is 8.42 Å². The third-order valence-corrected chi connectivity index (χ3v) is 9.85. The lowest BCUT2D eigenvalue weighted by molar-refractivity contribution is -0.128. The number of benzene rings is 4. The van der Waals surface area contributed by atoms with Crippen LogP contribution in [-0.2, 0) is 32.6 Å². The van der Waals surface area contributed by atoms with Gasteiger partial charge >= 0.3 is 0 Å². The van der Waals surface area contributed by atoms with Gasteiger partial charge in [-0.2, -0.15) is 4.31 Å². The van der Waals surface area contributed by atoms with Gasteiger partial charge in [-0.1, -0.05) is 83.3 Å². The van der Waals surface area contributed by atoms with Gasteiger partial charge < -0.3 is 15.0 Å². The molecule has 0 saturated heterocycles. The third-order valence-electron chi connectivity index (χ3n) is 7.08. The molecule has 4 aromatic carbocycles. The first-order valence-electron chi connectivity index (χ1n) is 13.7. The highest BCUT2D eigenvalue weighted by Gasteiger charge is 2.36. The summed E-state index contributed by atoms with van der Waals surface area (Å²) in [6.45, 7) is -0.577. The molecular weight excluding hydrogens is 645 g/mol. The first-order chi connectivity index (χ1) is 21.1. The molecule has 8 nitrogen and oxygen atoms in total. The Morgan fingerprint density at radius 2 is 1.52 bits per heavy atom. The Morgan fingerprint density at radius 3 is 2.23 bits per heavy atom. The van der Waals surface area contributed by atoms with Crippen molar-refractivity contribution in [2.75, 3.05) is 24.5 Å². The number of nitrogens with zero attached hydrogens (tertiary/aromatic N) is 2. The molecule has 0 unspecified atom stereocenters. The Morgan fingerprint density at radius 1 is 0.864 bits per heavy atom. The Bertz CT molecular complexity index is 1730. The van der Waals surface area contributed by atoms with E-state index in [1.165, 1.54) is 29.2 Å². The van der Waals surface area contributed by atoms with E-state index >= 15 is 0 Å². The molecule has 1 heterocycles. The van der Waals surface area contributed by atoms with Crippen molar-refractivity contribution >= 4 is 62.3 Å². The second kappa shape index (κ2) is 14.0. The smallest absolute Gasteiger partial charge is 0.262 e. The molecule has 4 aromatic rings. The van der Waals surface area contributed by atoms with E-state index in [0.717, 1.165) is 9.87 Å². The van der Waals surface area contributed by atoms with E-state index in [9.17, 15) is 18.0 Å². The number of anilines is 1. The fourth-order valence-electron chi connectivity index (χ4n) is 4.77. The second-order valence-corrected chi connectivity index (χ2v) is 13.2. The van der Waals surface area contributed by atoms with Crippen LogP contribution in [0.2, 0.25) is 15.1 Å². The minimum atomic E-state index is -4.23. The van der Waals surface area contributed by atoms with Crippen molar-refractivity contribution in [3.63, 3.8) is 0 Å². The van der Waals surface area contributed by atoms with E-state index in [1.54, 1.807) is 42.5 Å². The molecule has 0 spiro atoms. The molecule has 0 fully saturated rings. The van der Waals surface area contributed by atoms with Crippen molar-refractivity contribution in [3.05, 3.63) is 123 Å². The highest BCUT2D eigenvalue weighted by atomic mass is 35.5. The summed E-state index contributed by atoms with van der Waals surface area (Å²) in [4.78, 5) is 28.4. The van der Waals surface area contributed by atoms with Crippen molar-refractivity contribution in [2.45, 2.75) is 24.0 Å². The van der Waals surface area contributed by atoms with E-state index in [-0.39, 0.29) is 33.9 Å². The molecule has 0 bridgehead atoms. The number of amides is 2. The first-order valence-corrected chi connectivity index (χ1v) is 16.3. The molecule has 1 atom stereocenters. The highest BCUT2D eigenvalue weighted by Crippen LogP contribution is 2.34. The van der Waals surface area contributed by atoms with E-state index < -0.39 is 28.6 Å². The number of nitrogens with one attached hydrogen (secondary N) is 1. The molecule has 2 amide bonds. The number of hydrogen-bond acceptors (Lipinski definition) is 5. The molecule has 228 valence electrons. The van der Waals surface area contributed by atoms with Crippen LogP contribution in [-0.4, -0.2) is 50.3 Å². The van der Waals surface area contributed by atoms with Crippen molar-refractivity contribution in [1.82, 2.24) is 9.62 Å². The molecule has 0 aromatic heterocycles. The molecule has 44 heavy (non-hydrogen) atoms. The largest absolute Gasteiger partial charge is 0.477 e. The number of hydrogen-bond donors (Lipinski definition) is 1. The number of halogens is 3. The maximum Gasteiger partial charge on any atom is 0.262 e. The molecule has 1 aliphatic heterocycles. The minimum Gasteiger partial charge on any atom is -0.477 e. The predicted octanol–water partition coefficient (Wildman–Crippen LogP) is 5.99. The first kappa shape index (κ1) is 31.8. The number of rotatable bonds is 10. The van der Waals surface area contributed by atoms with E-state index in [4.69, 9.17) is 39.5 Å². The van der Waals surface area contributed by atoms with Crippen LogP contribution < -0.4 is 15.0 Å². The van der Waals surface area contributed by atoms with Crippen molar-refractivity contribution in [2.24, 2.45) is 0 Å². The zero-order valence-electron chi connectivity index (χ0n) is 23.3. The lowest BCUT2D eigenvalue weighted by atomic mass is 10.1. The Labute approximate surface area is 271 Å². The summed E-state index contributed by atoms with van der Waals surface area (Å²) in [5.74, 6) is -0.623. The zero-order chi connectivity index (χ0) is 31.3. The van der Waals surface area contributed by atoms with Crippen LogP contribution in [0, 0.1) is 0 Å². The second-order valence-electron chi connectivity index (χ2n) is 10.0. The van der Waals surface area contributed by atoms with Crippen LogP contribution in [0.3, 0.4) is 0 Å². The summed E-state index contributed by atoms with van der Waals surface area (Å²) in [7, 11) is -4.23. The predicted molar refractivity (Wildman–Crippen MR) is 172 cm³/mol. The average molecular weight is 673 g/mol. The van der Waals surface area contributed by atoms with Gasteiger partial charge in [-0.15, -0.1) is 0 Å². The highest BCUT2D eigenvalue weighted by molar-refractivity contribution is 7.89. The topological polar surface area (TPSA) is 96.0 Å². The maximum absolute atomic E-state index is 14.0. The molecule has 0 radical (unpaired) electrons. The molecule has 5 rings (SSSR count). The molecule has 0 saturated carbocycles. The summed E-state index contributed by atoms with van der Waals surface area (Å²) in [5, 5.41) is 3.75. The van der Waals surface area contributed by atoms with Crippen molar-refractivity contribution in [1.29, 1.82) is 0 Å². The molecule has 1 N–H and O–H groups in total. The quantitative estimate of drug-likeness (QED) is 0.223. The number of para-hydroxylation sites is 2. The van der Waals surface area contributed by atoms with Gasteiger partial charge in [0.05, 0.1) is 23.7 Å². The Balaban J connectivity index is 1.40. The van der Waals surface area contributed by atoms with Crippen LogP contribution in [0.5, 0.6) is 5.75 Å². The zero-order valence-corrected chi connectivity index (χ0v) is 26.4. The fourth-order valence-corrected chi connectivity index (χ4v) is 6.77. The summed E-state index contributed by atoms with van der Waals surface area (Å²) in [5.41, 5.74) is 1.84. The van der Waals surface area contributed by atoms with E-state index in [1.807, 2.05) is 30.3 Å². The lowest BCUT2D eigenvalue weighted by Crippen LogP contribution is -2.53. The van der Waals surface area contributed by atoms with Gasteiger partial charge in [0, 0.05) is 33.7 Å². The van der Waals surface area contributed by atoms with Crippen LogP contribution in [0.1, 0.15) is 11.1 Å². The number of carbonyl (C=O) groups excluding carboxylic acids is 2. The molecular formula is C32H28Cl3N3O5S. The van der Waals surface area contributed by atoms with Gasteiger partial charge in [0.2, 0.25) is 15.9 Å². The summed E-state index contributed by atoms with van der Waals surface area (Å²) in [6.07, 6.45) is -0.385. The standard InChI is InChI=1S/C32H28Cl3N3O5S/c33-23-13-15-24(16-14-23)44(41,42)37(19-25-26(34)9-6-10-27(25)35)21-31(39)38-20-30(43-29-12-5-4-11-28(29)38)32(40)36-18-17-22-7-2-1-3-8-22/h1-16,30H,17-21H2,(H,36,40)/t30-/m1/s1. The summed E-state index contributed by atoms with van der Waals surface area (Å²) >= 11 is 18.8. The van der Waals surface area contributed by atoms with Gasteiger partial charge in [0.1, 0.15) is 5.75 Å². The van der Waals surface area contributed by atoms with Gasteiger partial charge in [-0.3, -0.25) is 9.59 Å². The van der Waals surface area contributed by atoms with Crippen LogP contribution >= 0.6 is 34.8 Å². The van der Waals surface area contributed by atoms with E-state index in [0.29, 0.717) is 35.0 Å².